The maximum Gasteiger partial charge on any atom is 0.254 e. The summed E-state index contributed by atoms with van der Waals surface area (Å²) in [5.41, 5.74) is 1.68. The van der Waals surface area contributed by atoms with Crippen molar-refractivity contribution in [2.24, 2.45) is 0 Å². The number of rotatable bonds is 9. The van der Waals surface area contributed by atoms with Crippen molar-refractivity contribution in [2.45, 2.75) is 19.4 Å². The maximum atomic E-state index is 13.3. The van der Waals surface area contributed by atoms with Gasteiger partial charge >= 0.3 is 0 Å². The number of ether oxygens (including phenoxy) is 3. The number of aromatic hydroxyl groups is 1. The molecule has 0 aromatic heterocycles. The zero-order valence-corrected chi connectivity index (χ0v) is 17.1. The van der Waals surface area contributed by atoms with E-state index in [1.807, 2.05) is 31.2 Å². The average Bonchev–Trinajstić information content (AvgIpc) is 2.78. The van der Waals surface area contributed by atoms with E-state index in [1.54, 1.807) is 17.0 Å². The van der Waals surface area contributed by atoms with Crippen molar-refractivity contribution in [2.75, 3.05) is 39.6 Å². The molecule has 0 unspecified atom stereocenters. The molecule has 1 fully saturated rings. The average molecular weight is 413 g/mol. The first-order valence-corrected chi connectivity index (χ1v) is 10.1. The summed E-state index contributed by atoms with van der Waals surface area (Å²) in [5, 5.41) is 9.83. The number of amides is 1. The van der Waals surface area contributed by atoms with Crippen LogP contribution in [0.25, 0.3) is 0 Å². The molecule has 1 aliphatic heterocycles. The van der Waals surface area contributed by atoms with Crippen molar-refractivity contribution < 1.29 is 28.9 Å². The van der Waals surface area contributed by atoms with Gasteiger partial charge in [-0.05, 0) is 37.1 Å². The normalized spacial score (nSPS) is 16.3. The molecule has 0 saturated carbocycles. The first-order valence-electron chi connectivity index (χ1n) is 10.1. The van der Waals surface area contributed by atoms with Gasteiger partial charge < -0.3 is 24.2 Å². The Balaban J connectivity index is 1.74. The smallest absolute Gasteiger partial charge is 0.254 e. The molecule has 160 valence electrons. The maximum absolute atomic E-state index is 13.3. The Morgan fingerprint density at radius 3 is 2.90 bits per heavy atom. The van der Waals surface area contributed by atoms with E-state index in [2.05, 4.69) is 0 Å². The summed E-state index contributed by atoms with van der Waals surface area (Å²) in [4.78, 5) is 26.3. The summed E-state index contributed by atoms with van der Waals surface area (Å²) in [5.74, 6) is 0.0594. The van der Waals surface area contributed by atoms with E-state index >= 15 is 0 Å². The Kier molecular flexibility index (Phi) is 7.82. The fourth-order valence-electron chi connectivity index (χ4n) is 3.45. The summed E-state index contributed by atoms with van der Waals surface area (Å²) in [6.45, 7) is 4.53. The number of carbonyl (C=O) groups is 2. The lowest BCUT2D eigenvalue weighted by Gasteiger charge is -2.36. The van der Waals surface area contributed by atoms with Crippen molar-refractivity contribution in [3.63, 3.8) is 0 Å². The first-order chi connectivity index (χ1) is 14.7. The van der Waals surface area contributed by atoms with Crippen LogP contribution in [-0.4, -0.2) is 67.8 Å². The monoisotopic (exact) mass is 413 g/mol. The number of nitrogens with zero attached hydrogens (tertiary/aromatic N) is 1. The molecule has 2 aromatic carbocycles. The molecule has 1 atom stereocenters. The molecule has 7 nitrogen and oxygen atoms in total. The predicted octanol–water partition coefficient (Wildman–Crippen LogP) is 2.70. The number of benzene rings is 2. The van der Waals surface area contributed by atoms with Crippen molar-refractivity contribution in [1.29, 1.82) is 0 Å². The molecule has 0 aliphatic carbocycles. The molecule has 30 heavy (non-hydrogen) atoms. The second kappa shape index (κ2) is 10.8. The van der Waals surface area contributed by atoms with E-state index in [1.165, 1.54) is 6.07 Å². The van der Waals surface area contributed by atoms with Crippen molar-refractivity contribution >= 4 is 12.2 Å². The van der Waals surface area contributed by atoms with Crippen LogP contribution in [0.15, 0.2) is 42.5 Å². The Hall–Kier alpha value is -2.90. The molecule has 1 saturated heterocycles. The second-order valence-corrected chi connectivity index (χ2v) is 6.95. The van der Waals surface area contributed by atoms with E-state index in [0.717, 1.165) is 5.56 Å². The zero-order valence-electron chi connectivity index (χ0n) is 17.1. The lowest BCUT2D eigenvalue weighted by Crippen LogP contribution is -2.51. The molecule has 0 radical (unpaired) electrons. The summed E-state index contributed by atoms with van der Waals surface area (Å²) in [6.07, 6.45) is 1.22. The largest absolute Gasteiger partial charge is 0.507 e. The Morgan fingerprint density at radius 2 is 2.10 bits per heavy atom. The predicted molar refractivity (Wildman–Crippen MR) is 111 cm³/mol. The van der Waals surface area contributed by atoms with Crippen LogP contribution in [0.5, 0.6) is 11.5 Å². The Morgan fingerprint density at radius 1 is 1.27 bits per heavy atom. The number of phenols is 1. The highest BCUT2D eigenvalue weighted by molar-refractivity contribution is 5.96. The van der Waals surface area contributed by atoms with Gasteiger partial charge in [-0.25, -0.2) is 0 Å². The third-order valence-electron chi connectivity index (χ3n) is 5.05. The summed E-state index contributed by atoms with van der Waals surface area (Å²) in [6, 6.07) is 11.9. The third kappa shape index (κ3) is 5.17. The summed E-state index contributed by atoms with van der Waals surface area (Å²) in [7, 11) is 0. The van der Waals surface area contributed by atoms with Gasteiger partial charge in [0.25, 0.3) is 5.91 Å². The molecule has 1 aliphatic rings. The molecular formula is C23H27NO6. The van der Waals surface area contributed by atoms with Crippen molar-refractivity contribution in [3.05, 3.63) is 59.2 Å². The molecular weight excluding hydrogens is 386 g/mol. The molecule has 0 spiro atoms. The fourth-order valence-corrected chi connectivity index (χ4v) is 3.45. The molecule has 3 rings (SSSR count). The minimum Gasteiger partial charge on any atom is -0.507 e. The number of aldehydes is 1. The van der Waals surface area contributed by atoms with Gasteiger partial charge in [-0.2, -0.15) is 0 Å². The highest BCUT2D eigenvalue weighted by Crippen LogP contribution is 2.26. The van der Waals surface area contributed by atoms with Crippen LogP contribution in [0.2, 0.25) is 0 Å². The van der Waals surface area contributed by atoms with Gasteiger partial charge in [0, 0.05) is 18.7 Å². The minimum atomic E-state index is -0.312. The van der Waals surface area contributed by atoms with Crippen LogP contribution in [0.1, 0.15) is 33.2 Å². The Labute approximate surface area is 176 Å². The lowest BCUT2D eigenvalue weighted by atomic mass is 10.0. The van der Waals surface area contributed by atoms with Crippen LogP contribution in [0, 0.1) is 0 Å². The molecule has 7 heteroatoms. The Bertz CT molecular complexity index is 869. The van der Waals surface area contributed by atoms with E-state index < -0.39 is 0 Å². The first kappa shape index (κ1) is 21.8. The summed E-state index contributed by atoms with van der Waals surface area (Å²) < 4.78 is 16.8. The number of carbonyl (C=O) groups excluding carboxylic acids is 2. The van der Waals surface area contributed by atoms with Crippen LogP contribution in [0.3, 0.4) is 0 Å². The van der Waals surface area contributed by atoms with Gasteiger partial charge in [-0.1, -0.05) is 24.3 Å². The summed E-state index contributed by atoms with van der Waals surface area (Å²) >= 11 is 0. The quantitative estimate of drug-likeness (QED) is 0.503. The van der Waals surface area contributed by atoms with Gasteiger partial charge in [-0.15, -0.1) is 0 Å². The van der Waals surface area contributed by atoms with Gasteiger partial charge in [0.15, 0.2) is 6.29 Å². The van der Waals surface area contributed by atoms with Crippen molar-refractivity contribution in [3.8, 4) is 11.5 Å². The molecule has 2 aromatic rings. The highest BCUT2D eigenvalue weighted by atomic mass is 16.5. The van der Waals surface area contributed by atoms with Crippen LogP contribution in [0.4, 0.5) is 0 Å². The lowest BCUT2D eigenvalue weighted by molar-refractivity contribution is -0.0151. The minimum absolute atomic E-state index is 0.0782. The highest BCUT2D eigenvalue weighted by Gasteiger charge is 2.30. The zero-order chi connectivity index (χ0) is 21.3. The third-order valence-corrected chi connectivity index (χ3v) is 5.05. The standard InChI is InChI=1S/C23H27NO6/c1-2-28-12-10-17-6-3-4-7-19(17)23(27)24-11-13-29-15-18(24)16-30-22-9-5-8-21(26)20(22)14-25/h3-9,14,18,26H,2,10-13,15-16H2,1H3/t18-/m0/s1. The second-order valence-electron chi connectivity index (χ2n) is 6.95. The SMILES string of the molecule is CCOCCc1ccccc1C(=O)N1CCOC[C@H]1COc1cccc(O)c1C=O. The van der Waals surface area contributed by atoms with Crippen LogP contribution in [-0.2, 0) is 15.9 Å². The van der Waals surface area contributed by atoms with E-state index in [9.17, 15) is 14.7 Å². The molecule has 1 amide bonds. The van der Waals surface area contributed by atoms with Crippen molar-refractivity contribution in [1.82, 2.24) is 4.90 Å². The van der Waals surface area contributed by atoms with Crippen LogP contribution < -0.4 is 4.74 Å². The molecule has 1 heterocycles. The van der Waals surface area contributed by atoms with E-state index in [-0.39, 0.29) is 35.6 Å². The van der Waals surface area contributed by atoms with Crippen LogP contribution >= 0.6 is 0 Å². The number of phenolic OH excluding ortho intramolecular Hbond substituents is 1. The topological polar surface area (TPSA) is 85.3 Å². The van der Waals surface area contributed by atoms with Gasteiger partial charge in [0.2, 0.25) is 0 Å². The van der Waals surface area contributed by atoms with Gasteiger partial charge in [-0.3, -0.25) is 9.59 Å². The van der Waals surface area contributed by atoms with E-state index in [4.69, 9.17) is 14.2 Å². The fraction of sp³-hybridized carbons (Fsp3) is 0.391. The molecule has 0 bridgehead atoms. The number of hydrogen-bond acceptors (Lipinski definition) is 6. The van der Waals surface area contributed by atoms with E-state index in [0.29, 0.717) is 51.2 Å². The number of morpholine rings is 1. The van der Waals surface area contributed by atoms with Gasteiger partial charge in [0.1, 0.15) is 18.1 Å². The molecule has 1 N–H and O–H groups in total. The van der Waals surface area contributed by atoms with Gasteiger partial charge in [0.05, 0.1) is 31.4 Å². The number of hydrogen-bond donors (Lipinski definition) is 1.